The minimum atomic E-state index is 0. The smallest absolute Gasteiger partial charge is 0.170 e. The molecule has 2 rings (SSSR count). The summed E-state index contributed by atoms with van der Waals surface area (Å²) in [5.41, 5.74) is 2.44. The molecular weight excluding hydrogens is 391 g/mol. The van der Waals surface area contributed by atoms with Crippen molar-refractivity contribution in [3.63, 3.8) is 0 Å². The van der Waals surface area contributed by atoms with E-state index >= 15 is 0 Å². The predicted molar refractivity (Wildman–Crippen MR) is 109 cm³/mol. The Hall–Kier alpha value is -1.52. The molecule has 2 aromatic heterocycles. The molecule has 0 fully saturated rings. The summed E-state index contributed by atoms with van der Waals surface area (Å²) in [5.74, 6) is 0. The van der Waals surface area contributed by atoms with Crippen molar-refractivity contribution in [1.29, 1.82) is 0 Å². The number of nitrogens with zero attached hydrogens (tertiary/aromatic N) is 2. The summed E-state index contributed by atoms with van der Waals surface area (Å²) in [5, 5.41) is 6.83. The minimum Gasteiger partial charge on any atom is -1.00 e. The summed E-state index contributed by atoms with van der Waals surface area (Å²) in [6.45, 7) is 8.68. The highest BCUT2D eigenvalue weighted by Gasteiger charge is 2.03. The third-order valence-corrected chi connectivity index (χ3v) is 4.52. The molecule has 0 bridgehead atoms. The van der Waals surface area contributed by atoms with Crippen LogP contribution in [0, 0.1) is 0 Å². The van der Waals surface area contributed by atoms with Gasteiger partial charge in [-0.1, -0.05) is 13.8 Å². The first-order chi connectivity index (χ1) is 12.8. The number of aromatic nitrogens is 2. The molecular formula is C22H36Cl2N4. The number of halogens is 2. The molecule has 0 amide bonds. The summed E-state index contributed by atoms with van der Waals surface area (Å²) in [6.07, 6.45) is 16.1. The summed E-state index contributed by atoms with van der Waals surface area (Å²) < 4.78 is 4.57. The molecule has 2 N–H and O–H groups in total. The van der Waals surface area contributed by atoms with Gasteiger partial charge >= 0.3 is 0 Å². The molecule has 0 spiro atoms. The van der Waals surface area contributed by atoms with Crippen LogP contribution in [0.4, 0.5) is 11.4 Å². The largest absolute Gasteiger partial charge is 1.00 e. The maximum Gasteiger partial charge on any atom is 0.170 e. The lowest BCUT2D eigenvalue weighted by molar-refractivity contribution is -0.698. The maximum atomic E-state index is 3.41. The number of anilines is 2. The molecule has 0 aliphatic heterocycles. The molecule has 0 radical (unpaired) electrons. The number of hydrogen-bond donors (Lipinski definition) is 2. The normalized spacial score (nSPS) is 9.93. The van der Waals surface area contributed by atoms with Gasteiger partial charge in [-0.2, -0.15) is 0 Å². The first kappa shape index (κ1) is 26.5. The molecule has 0 saturated carbocycles. The second-order valence-corrected chi connectivity index (χ2v) is 6.92. The van der Waals surface area contributed by atoms with E-state index in [0.717, 1.165) is 39.0 Å². The summed E-state index contributed by atoms with van der Waals surface area (Å²) >= 11 is 0. The molecule has 2 heterocycles. The Balaban J connectivity index is 0.00000364. The SMILES string of the molecule is CCCNc1cc[n+](CCCCCC[n+]2ccc(NCCC)cc2)cc1.[Cl-].[Cl-]. The lowest BCUT2D eigenvalue weighted by Crippen LogP contribution is -3.00. The molecule has 2 aromatic rings. The molecule has 4 nitrogen and oxygen atoms in total. The minimum absolute atomic E-state index is 0. The van der Waals surface area contributed by atoms with Gasteiger partial charge in [0.05, 0.1) is 0 Å². The van der Waals surface area contributed by atoms with Crippen molar-refractivity contribution < 1.29 is 33.9 Å². The van der Waals surface area contributed by atoms with E-state index in [-0.39, 0.29) is 24.8 Å². The number of rotatable bonds is 13. The van der Waals surface area contributed by atoms with Gasteiger partial charge in [-0.3, -0.25) is 0 Å². The van der Waals surface area contributed by atoms with Crippen LogP contribution >= 0.6 is 0 Å². The predicted octanol–water partition coefficient (Wildman–Crippen LogP) is -1.83. The van der Waals surface area contributed by atoms with Gasteiger partial charge in [0.15, 0.2) is 24.8 Å². The zero-order valence-electron chi connectivity index (χ0n) is 17.3. The van der Waals surface area contributed by atoms with Crippen LogP contribution in [0.3, 0.4) is 0 Å². The van der Waals surface area contributed by atoms with Crippen LogP contribution in [-0.4, -0.2) is 13.1 Å². The Morgan fingerprint density at radius 3 is 1.29 bits per heavy atom. The fraction of sp³-hybridized carbons (Fsp3) is 0.545. The van der Waals surface area contributed by atoms with Crippen molar-refractivity contribution >= 4 is 11.4 Å². The van der Waals surface area contributed by atoms with Crippen LogP contribution in [-0.2, 0) is 13.1 Å². The standard InChI is InChI=1S/C22H34N4.2ClH/c1-3-13-23-21-9-17-25(18-10-21)15-7-5-6-8-16-26-19-11-22(12-20-26)24-14-4-2;;/h9-12,17-20H,3-8,13-16H2,1-2H3;2*1H. The van der Waals surface area contributed by atoms with E-state index in [0.29, 0.717) is 0 Å². The molecule has 0 aromatic carbocycles. The first-order valence-corrected chi connectivity index (χ1v) is 10.3. The van der Waals surface area contributed by atoms with Gasteiger partial charge in [0.1, 0.15) is 13.1 Å². The van der Waals surface area contributed by atoms with E-state index in [4.69, 9.17) is 0 Å². The fourth-order valence-corrected chi connectivity index (χ4v) is 2.93. The van der Waals surface area contributed by atoms with Gasteiger partial charge < -0.3 is 35.4 Å². The van der Waals surface area contributed by atoms with Crippen molar-refractivity contribution in [3.05, 3.63) is 49.1 Å². The fourth-order valence-electron chi connectivity index (χ4n) is 2.93. The molecule has 0 unspecified atom stereocenters. The average Bonchev–Trinajstić information content (AvgIpc) is 2.69. The Morgan fingerprint density at radius 2 is 0.964 bits per heavy atom. The monoisotopic (exact) mass is 426 g/mol. The van der Waals surface area contributed by atoms with Gasteiger partial charge in [-0.25, -0.2) is 9.13 Å². The van der Waals surface area contributed by atoms with Gasteiger partial charge in [0.2, 0.25) is 0 Å². The highest BCUT2D eigenvalue weighted by Crippen LogP contribution is 2.05. The Labute approximate surface area is 183 Å². The van der Waals surface area contributed by atoms with E-state index in [2.05, 4.69) is 82.7 Å². The Bertz CT molecular complexity index is 547. The molecule has 158 valence electrons. The summed E-state index contributed by atoms with van der Waals surface area (Å²) in [4.78, 5) is 0. The molecule has 0 aliphatic carbocycles. The third-order valence-electron chi connectivity index (χ3n) is 4.52. The molecule has 28 heavy (non-hydrogen) atoms. The second-order valence-electron chi connectivity index (χ2n) is 6.92. The van der Waals surface area contributed by atoms with E-state index in [1.807, 2.05) is 0 Å². The number of aryl methyl sites for hydroxylation is 2. The van der Waals surface area contributed by atoms with Crippen molar-refractivity contribution in [2.24, 2.45) is 0 Å². The van der Waals surface area contributed by atoms with Gasteiger partial charge in [-0.05, 0) is 25.7 Å². The van der Waals surface area contributed by atoms with Crippen molar-refractivity contribution in [2.45, 2.75) is 65.5 Å². The highest BCUT2D eigenvalue weighted by atomic mass is 35.5. The maximum absolute atomic E-state index is 3.41. The van der Waals surface area contributed by atoms with Gasteiger partial charge in [0, 0.05) is 61.6 Å². The van der Waals surface area contributed by atoms with Crippen LogP contribution < -0.4 is 44.6 Å². The molecule has 6 heteroatoms. The van der Waals surface area contributed by atoms with Crippen LogP contribution in [0.15, 0.2) is 49.1 Å². The van der Waals surface area contributed by atoms with E-state index < -0.39 is 0 Å². The first-order valence-electron chi connectivity index (χ1n) is 10.3. The van der Waals surface area contributed by atoms with Crippen LogP contribution in [0.2, 0.25) is 0 Å². The van der Waals surface area contributed by atoms with E-state index in [1.165, 1.54) is 37.1 Å². The molecule has 0 aliphatic rings. The van der Waals surface area contributed by atoms with Gasteiger partial charge in [0.25, 0.3) is 0 Å². The lowest BCUT2D eigenvalue weighted by atomic mass is 10.2. The second kappa shape index (κ2) is 16.4. The third kappa shape index (κ3) is 10.7. The topological polar surface area (TPSA) is 31.8 Å². The van der Waals surface area contributed by atoms with Crippen LogP contribution in [0.5, 0.6) is 0 Å². The zero-order chi connectivity index (χ0) is 18.5. The summed E-state index contributed by atoms with van der Waals surface area (Å²) in [7, 11) is 0. The van der Waals surface area contributed by atoms with Crippen LogP contribution in [0.1, 0.15) is 52.4 Å². The number of hydrogen-bond acceptors (Lipinski definition) is 2. The average molecular weight is 427 g/mol. The number of pyridine rings is 2. The Kier molecular flexibility index (Phi) is 15.5. The molecule has 0 atom stereocenters. The van der Waals surface area contributed by atoms with Gasteiger partial charge in [-0.15, -0.1) is 0 Å². The molecule has 0 saturated heterocycles. The van der Waals surface area contributed by atoms with Crippen molar-refractivity contribution in [1.82, 2.24) is 0 Å². The van der Waals surface area contributed by atoms with Crippen molar-refractivity contribution in [3.8, 4) is 0 Å². The van der Waals surface area contributed by atoms with E-state index in [1.54, 1.807) is 0 Å². The zero-order valence-corrected chi connectivity index (χ0v) is 18.9. The number of unbranched alkanes of at least 4 members (excludes halogenated alkanes) is 3. The Morgan fingerprint density at radius 1 is 0.607 bits per heavy atom. The number of nitrogens with one attached hydrogen (secondary N) is 2. The van der Waals surface area contributed by atoms with Crippen LogP contribution in [0.25, 0.3) is 0 Å². The quantitative estimate of drug-likeness (QED) is 0.291. The highest BCUT2D eigenvalue weighted by molar-refractivity contribution is 5.40. The summed E-state index contributed by atoms with van der Waals surface area (Å²) in [6, 6.07) is 8.69. The lowest BCUT2D eigenvalue weighted by Gasteiger charge is -2.04. The van der Waals surface area contributed by atoms with E-state index in [9.17, 15) is 0 Å². The van der Waals surface area contributed by atoms with Crippen molar-refractivity contribution in [2.75, 3.05) is 23.7 Å².